The minimum absolute atomic E-state index is 0.0403. The van der Waals surface area contributed by atoms with Crippen molar-refractivity contribution in [1.82, 2.24) is 10.3 Å². The van der Waals surface area contributed by atoms with Crippen molar-refractivity contribution in [2.45, 2.75) is 6.10 Å². The van der Waals surface area contributed by atoms with Gasteiger partial charge in [0.25, 0.3) is 5.91 Å². The molecule has 0 bridgehead atoms. The van der Waals surface area contributed by atoms with Gasteiger partial charge in [-0.05, 0) is 60.2 Å². The van der Waals surface area contributed by atoms with Crippen molar-refractivity contribution in [1.29, 1.82) is 0 Å². The number of nitrogens with zero attached hydrogens (tertiary/aromatic N) is 2. The summed E-state index contributed by atoms with van der Waals surface area (Å²) in [5.74, 6) is -0.822. The molecular weight excluding hydrogens is 632 g/mol. The van der Waals surface area contributed by atoms with Gasteiger partial charge in [0.1, 0.15) is 28.4 Å². The normalized spacial score (nSPS) is 14.4. The molecule has 1 aliphatic heterocycles. The van der Waals surface area contributed by atoms with Crippen molar-refractivity contribution < 1.29 is 40.3 Å². The lowest BCUT2D eigenvalue weighted by Gasteiger charge is -2.25. The maximum Gasteiger partial charge on any atom is 0.255 e. The monoisotopic (exact) mass is 659 g/mol. The molecule has 1 N–H and O–H groups in total. The number of rotatable bonds is 9. The van der Waals surface area contributed by atoms with Crippen LogP contribution in [-0.4, -0.2) is 59.0 Å². The van der Waals surface area contributed by atoms with E-state index in [1.54, 1.807) is 36.4 Å². The number of hydrogen-bond acceptors (Lipinski definition) is 8. The largest absolute Gasteiger partial charge is 0.496 e. The Kier molecular flexibility index (Phi) is 7.44. The van der Waals surface area contributed by atoms with Crippen LogP contribution in [0.3, 0.4) is 0 Å². The molecule has 1 atom stereocenters. The van der Waals surface area contributed by atoms with Gasteiger partial charge in [0, 0.05) is 29.6 Å². The van der Waals surface area contributed by atoms with Gasteiger partial charge < -0.3 is 23.6 Å². The Labute approximate surface area is 267 Å². The Hall–Kier alpha value is -5.27. The van der Waals surface area contributed by atoms with E-state index in [1.807, 2.05) is 0 Å². The number of sulfonamides is 1. The maximum absolute atomic E-state index is 14.5. The van der Waals surface area contributed by atoms with Crippen LogP contribution in [0.25, 0.3) is 56.0 Å². The van der Waals surface area contributed by atoms with Gasteiger partial charge in [-0.2, -0.15) is 0 Å². The quantitative estimate of drug-likeness (QED) is 0.177. The minimum Gasteiger partial charge on any atom is -0.496 e. The lowest BCUT2D eigenvalue weighted by atomic mass is 9.96. The number of aromatic nitrogens is 1. The van der Waals surface area contributed by atoms with Crippen LogP contribution in [0, 0.1) is 11.6 Å². The molecule has 1 amide bonds. The Morgan fingerprint density at radius 3 is 2.40 bits per heavy atom. The van der Waals surface area contributed by atoms with Gasteiger partial charge in [-0.3, -0.25) is 9.10 Å². The van der Waals surface area contributed by atoms with Crippen molar-refractivity contribution >= 4 is 43.7 Å². The third-order valence-corrected chi connectivity index (χ3v) is 9.06. The fraction of sp³-hybridized carbons (Fsp3) is 0.176. The smallest absolute Gasteiger partial charge is 0.255 e. The molecule has 2 aromatic heterocycles. The summed E-state index contributed by atoms with van der Waals surface area (Å²) in [6, 6.07) is 18.2. The van der Waals surface area contributed by atoms with E-state index in [4.69, 9.17) is 18.3 Å². The van der Waals surface area contributed by atoms with E-state index >= 15 is 0 Å². The average Bonchev–Trinajstić information content (AvgIpc) is 3.65. The molecule has 7 rings (SSSR count). The number of carbonyl (C=O) groups is 1. The van der Waals surface area contributed by atoms with E-state index in [9.17, 15) is 22.0 Å². The lowest BCUT2D eigenvalue weighted by Crippen LogP contribution is -2.33. The molecule has 1 fully saturated rings. The number of ether oxygens (including phenoxy) is 2. The highest BCUT2D eigenvalue weighted by atomic mass is 32.2. The second kappa shape index (κ2) is 11.5. The molecule has 240 valence electrons. The first-order valence-electron chi connectivity index (χ1n) is 14.5. The van der Waals surface area contributed by atoms with Gasteiger partial charge >= 0.3 is 0 Å². The number of anilines is 1. The third kappa shape index (κ3) is 5.57. The highest BCUT2D eigenvalue weighted by Gasteiger charge is 2.33. The number of epoxide rings is 1. The van der Waals surface area contributed by atoms with E-state index < -0.39 is 27.6 Å². The van der Waals surface area contributed by atoms with Gasteiger partial charge in [0.2, 0.25) is 15.9 Å². The summed E-state index contributed by atoms with van der Waals surface area (Å²) < 4.78 is 79.2. The molecule has 1 saturated heterocycles. The summed E-state index contributed by atoms with van der Waals surface area (Å²) in [5, 5.41) is 3.02. The van der Waals surface area contributed by atoms with Crippen LogP contribution in [0.5, 0.6) is 5.75 Å². The molecule has 0 aliphatic carbocycles. The van der Waals surface area contributed by atoms with Gasteiger partial charge in [-0.1, -0.05) is 12.1 Å². The number of oxazole rings is 1. The van der Waals surface area contributed by atoms with Crippen LogP contribution in [0.15, 0.2) is 81.6 Å². The first-order chi connectivity index (χ1) is 22.5. The lowest BCUT2D eigenvalue weighted by molar-refractivity contribution is 0.0964. The SMILES string of the molecule is CNC(=O)c1c(-c2ccc(F)cc2)oc2cc(N(CC3CO3)S(C)(=O)=O)c(-c3ccc(OC)c(-c4nc5c(F)cccc5o4)c3)cc12. The molecule has 1 unspecified atom stereocenters. The zero-order valence-electron chi connectivity index (χ0n) is 25.3. The number of hydrogen-bond donors (Lipinski definition) is 1. The Bertz CT molecular complexity index is 2290. The highest BCUT2D eigenvalue weighted by molar-refractivity contribution is 7.92. The molecule has 10 nitrogen and oxygen atoms in total. The summed E-state index contributed by atoms with van der Waals surface area (Å²) in [6.07, 6.45) is 0.791. The van der Waals surface area contributed by atoms with Crippen molar-refractivity contribution in [3.05, 3.63) is 90.0 Å². The molecule has 47 heavy (non-hydrogen) atoms. The van der Waals surface area contributed by atoms with E-state index in [0.29, 0.717) is 40.0 Å². The number of methoxy groups -OCH3 is 1. The standard InChI is InChI=1S/C34H27F2N3O7S/c1-37-33(40)30-23-14-22(19-9-12-27(43-2)24(13-19)34-38-31-25(36)5-4-6-28(31)46-34)26(39(47(3,41)42)16-21-17-44-21)15-29(23)45-32(30)18-7-10-20(35)11-8-18/h4-15,21H,16-17H2,1-3H3,(H,37,40). The predicted octanol–water partition coefficient (Wildman–Crippen LogP) is 6.39. The molecule has 0 radical (unpaired) electrons. The van der Waals surface area contributed by atoms with Crippen LogP contribution in [0.2, 0.25) is 0 Å². The van der Waals surface area contributed by atoms with Gasteiger partial charge in [0.05, 0.1) is 49.4 Å². The Balaban J connectivity index is 1.51. The predicted molar refractivity (Wildman–Crippen MR) is 172 cm³/mol. The van der Waals surface area contributed by atoms with Crippen molar-refractivity contribution in [2.24, 2.45) is 0 Å². The topological polar surface area (TPSA) is 127 Å². The molecule has 6 aromatic rings. The minimum atomic E-state index is -3.86. The Morgan fingerprint density at radius 1 is 1.00 bits per heavy atom. The zero-order valence-corrected chi connectivity index (χ0v) is 26.2. The van der Waals surface area contributed by atoms with Crippen LogP contribution in [0.4, 0.5) is 14.5 Å². The first kappa shape index (κ1) is 30.4. The Morgan fingerprint density at radius 2 is 1.74 bits per heavy atom. The van der Waals surface area contributed by atoms with Crippen LogP contribution in [0.1, 0.15) is 10.4 Å². The molecule has 0 spiro atoms. The molecule has 3 heterocycles. The van der Waals surface area contributed by atoms with Gasteiger partial charge in [-0.25, -0.2) is 22.2 Å². The van der Waals surface area contributed by atoms with Crippen LogP contribution in [-0.2, 0) is 14.8 Å². The zero-order chi connectivity index (χ0) is 33.0. The summed E-state index contributed by atoms with van der Waals surface area (Å²) >= 11 is 0. The number of nitrogens with one attached hydrogen (secondary N) is 1. The number of carbonyl (C=O) groups excluding carboxylic acids is 1. The second-order valence-electron chi connectivity index (χ2n) is 11.0. The number of halogens is 2. The summed E-state index contributed by atoms with van der Waals surface area (Å²) in [5.41, 5.74) is 2.73. The summed E-state index contributed by atoms with van der Waals surface area (Å²) in [4.78, 5) is 17.7. The molecule has 13 heteroatoms. The summed E-state index contributed by atoms with van der Waals surface area (Å²) in [7, 11) is -0.910. The number of fused-ring (bicyclic) bond motifs is 2. The third-order valence-electron chi connectivity index (χ3n) is 7.92. The number of furan rings is 1. The van der Waals surface area contributed by atoms with Crippen molar-refractivity contribution in [3.63, 3.8) is 0 Å². The fourth-order valence-electron chi connectivity index (χ4n) is 5.57. The molecule has 0 saturated carbocycles. The van der Waals surface area contributed by atoms with E-state index in [0.717, 1.165) is 6.26 Å². The van der Waals surface area contributed by atoms with E-state index in [-0.39, 0.29) is 52.2 Å². The second-order valence-corrected chi connectivity index (χ2v) is 12.9. The summed E-state index contributed by atoms with van der Waals surface area (Å²) in [6.45, 7) is 0.444. The van der Waals surface area contributed by atoms with Gasteiger partial charge in [0.15, 0.2) is 11.4 Å². The maximum atomic E-state index is 14.5. The van der Waals surface area contributed by atoms with E-state index in [2.05, 4.69) is 10.3 Å². The fourth-order valence-corrected chi connectivity index (χ4v) is 6.51. The first-order valence-corrected chi connectivity index (χ1v) is 16.3. The van der Waals surface area contributed by atoms with Crippen molar-refractivity contribution in [2.75, 3.05) is 37.9 Å². The highest BCUT2D eigenvalue weighted by Crippen LogP contribution is 2.44. The molecular formula is C34H27F2N3O7S. The molecule has 4 aromatic carbocycles. The van der Waals surface area contributed by atoms with Crippen LogP contribution >= 0.6 is 0 Å². The number of para-hydroxylation sites is 1. The van der Waals surface area contributed by atoms with Crippen molar-refractivity contribution in [3.8, 4) is 39.7 Å². The van der Waals surface area contributed by atoms with E-state index in [1.165, 1.54) is 54.9 Å². The van der Waals surface area contributed by atoms with Crippen LogP contribution < -0.4 is 14.4 Å². The number of benzene rings is 4. The van der Waals surface area contributed by atoms with Gasteiger partial charge in [-0.15, -0.1) is 0 Å². The average molecular weight is 660 g/mol. The number of amides is 1. The molecule has 1 aliphatic rings.